The normalized spacial score (nSPS) is 21.3. The van der Waals surface area contributed by atoms with E-state index in [1.165, 1.54) is 0 Å². The van der Waals surface area contributed by atoms with E-state index < -0.39 is 9.84 Å². The highest BCUT2D eigenvalue weighted by Crippen LogP contribution is 2.26. The van der Waals surface area contributed by atoms with Crippen molar-refractivity contribution in [3.05, 3.63) is 35.6 Å². The number of fused-ring (bicyclic) bond motifs is 1. The molecular formula is C17H21NO4S. The Morgan fingerprint density at radius 3 is 2.87 bits per heavy atom. The van der Waals surface area contributed by atoms with Crippen LogP contribution in [0.5, 0.6) is 0 Å². The van der Waals surface area contributed by atoms with Gasteiger partial charge < -0.3 is 9.32 Å². The Bertz CT molecular complexity index is 837. The van der Waals surface area contributed by atoms with Crippen molar-refractivity contribution < 1.29 is 17.6 Å². The van der Waals surface area contributed by atoms with Gasteiger partial charge in [-0.2, -0.15) is 0 Å². The molecule has 1 unspecified atom stereocenters. The van der Waals surface area contributed by atoms with Crippen molar-refractivity contribution in [1.82, 2.24) is 4.90 Å². The largest absolute Gasteiger partial charge is 0.461 e. The van der Waals surface area contributed by atoms with E-state index in [1.807, 2.05) is 38.1 Å². The van der Waals surface area contributed by atoms with Crippen LogP contribution in [0, 0.1) is 12.8 Å². The average molecular weight is 335 g/mol. The zero-order valence-electron chi connectivity index (χ0n) is 13.4. The highest BCUT2D eigenvalue weighted by atomic mass is 32.2. The van der Waals surface area contributed by atoms with Gasteiger partial charge >= 0.3 is 0 Å². The minimum absolute atomic E-state index is 0.0337. The second kappa shape index (κ2) is 6.00. The Labute approximate surface area is 136 Å². The van der Waals surface area contributed by atoms with Crippen LogP contribution in [0.1, 0.15) is 18.2 Å². The van der Waals surface area contributed by atoms with Crippen LogP contribution in [0.4, 0.5) is 0 Å². The molecule has 2 heterocycles. The summed E-state index contributed by atoms with van der Waals surface area (Å²) in [6, 6.07) is 7.66. The number of hydrogen-bond acceptors (Lipinski definition) is 4. The topological polar surface area (TPSA) is 67.6 Å². The molecule has 0 N–H and O–H groups in total. The van der Waals surface area contributed by atoms with Crippen LogP contribution in [0.3, 0.4) is 0 Å². The molecule has 124 valence electrons. The first-order valence-electron chi connectivity index (χ1n) is 7.81. The number of rotatable bonds is 2. The molecular weight excluding hydrogens is 314 g/mol. The molecule has 23 heavy (non-hydrogen) atoms. The predicted molar refractivity (Wildman–Crippen MR) is 89.1 cm³/mol. The first-order valence-corrected chi connectivity index (χ1v) is 9.63. The van der Waals surface area contributed by atoms with E-state index in [2.05, 4.69) is 0 Å². The second-order valence-corrected chi connectivity index (χ2v) is 8.60. The molecule has 1 saturated heterocycles. The molecule has 6 heteroatoms. The summed E-state index contributed by atoms with van der Waals surface area (Å²) in [4.78, 5) is 14.3. The molecule has 3 rings (SSSR count). The van der Waals surface area contributed by atoms with Crippen molar-refractivity contribution in [2.75, 3.05) is 24.6 Å². The lowest BCUT2D eigenvalue weighted by Crippen LogP contribution is -2.36. The molecule has 1 aliphatic rings. The fourth-order valence-electron chi connectivity index (χ4n) is 3.22. The van der Waals surface area contributed by atoms with Gasteiger partial charge in [0.15, 0.2) is 9.84 Å². The van der Waals surface area contributed by atoms with Crippen molar-refractivity contribution in [1.29, 1.82) is 0 Å². The van der Waals surface area contributed by atoms with Crippen LogP contribution < -0.4 is 0 Å². The van der Waals surface area contributed by atoms with Gasteiger partial charge in [-0.15, -0.1) is 0 Å². The molecule has 0 radical (unpaired) electrons. The number of carbonyl (C=O) groups excluding carboxylic acids is 1. The SMILES string of the molecule is Cc1oc2ccccc2c1CC(=O)N1CCS(=O)(=O)CC(C)C1. The Kier molecular flexibility index (Phi) is 4.19. The second-order valence-electron chi connectivity index (χ2n) is 6.37. The number of benzene rings is 1. The van der Waals surface area contributed by atoms with E-state index in [0.29, 0.717) is 6.54 Å². The third-order valence-corrected chi connectivity index (χ3v) is 6.21. The summed E-state index contributed by atoms with van der Waals surface area (Å²) >= 11 is 0. The number of para-hydroxylation sites is 1. The number of sulfone groups is 1. The van der Waals surface area contributed by atoms with Gasteiger partial charge in [-0.05, 0) is 18.9 Å². The molecule has 0 saturated carbocycles. The fraction of sp³-hybridized carbons (Fsp3) is 0.471. The third kappa shape index (κ3) is 3.42. The van der Waals surface area contributed by atoms with Crippen LogP contribution >= 0.6 is 0 Å². The molecule has 1 aromatic carbocycles. The maximum Gasteiger partial charge on any atom is 0.227 e. The number of furan rings is 1. The first-order chi connectivity index (χ1) is 10.9. The van der Waals surface area contributed by atoms with E-state index in [9.17, 15) is 13.2 Å². The monoisotopic (exact) mass is 335 g/mol. The number of carbonyl (C=O) groups is 1. The van der Waals surface area contributed by atoms with E-state index in [4.69, 9.17) is 4.42 Å². The lowest BCUT2D eigenvalue weighted by molar-refractivity contribution is -0.130. The number of amides is 1. The highest BCUT2D eigenvalue weighted by molar-refractivity contribution is 7.91. The van der Waals surface area contributed by atoms with Gasteiger partial charge in [-0.1, -0.05) is 25.1 Å². The van der Waals surface area contributed by atoms with E-state index in [-0.39, 0.29) is 36.3 Å². The smallest absolute Gasteiger partial charge is 0.227 e. The van der Waals surface area contributed by atoms with E-state index in [1.54, 1.807) is 4.90 Å². The lowest BCUT2D eigenvalue weighted by Gasteiger charge is -2.22. The summed E-state index contributed by atoms with van der Waals surface area (Å²) in [6.07, 6.45) is 0.246. The van der Waals surface area contributed by atoms with Crippen molar-refractivity contribution in [3.63, 3.8) is 0 Å². The summed E-state index contributed by atoms with van der Waals surface area (Å²) in [5.41, 5.74) is 1.67. The predicted octanol–water partition coefficient (Wildman–Crippen LogP) is 2.18. The molecule has 5 nitrogen and oxygen atoms in total. The molecule has 1 atom stereocenters. The molecule has 2 aromatic rings. The van der Waals surface area contributed by atoms with Gasteiger partial charge in [0.2, 0.25) is 5.91 Å². The maximum atomic E-state index is 12.7. The number of nitrogens with zero attached hydrogens (tertiary/aromatic N) is 1. The third-order valence-electron chi connectivity index (χ3n) is 4.32. The molecule has 1 amide bonds. The molecule has 0 spiro atoms. The van der Waals surface area contributed by atoms with Crippen LogP contribution in [0.25, 0.3) is 11.0 Å². The van der Waals surface area contributed by atoms with E-state index >= 15 is 0 Å². The maximum absolute atomic E-state index is 12.7. The van der Waals surface area contributed by atoms with Gasteiger partial charge in [0, 0.05) is 24.0 Å². The van der Waals surface area contributed by atoms with E-state index in [0.717, 1.165) is 22.3 Å². The zero-order valence-corrected chi connectivity index (χ0v) is 14.2. The Morgan fingerprint density at radius 1 is 1.35 bits per heavy atom. The Balaban J connectivity index is 1.82. The first kappa shape index (κ1) is 16.1. The average Bonchev–Trinajstić information content (AvgIpc) is 2.70. The zero-order chi connectivity index (χ0) is 16.6. The van der Waals surface area contributed by atoms with Gasteiger partial charge in [-0.3, -0.25) is 4.79 Å². The summed E-state index contributed by atoms with van der Waals surface area (Å²) in [6.45, 7) is 4.51. The molecule has 1 aromatic heterocycles. The standard InChI is InChI=1S/C17H21NO4S/c1-12-10-18(7-8-23(20,21)11-12)17(19)9-15-13(2)22-16-6-4-3-5-14(15)16/h3-6,12H,7-11H2,1-2H3. The van der Waals surface area contributed by atoms with Crippen molar-refractivity contribution >= 4 is 26.7 Å². The Morgan fingerprint density at radius 2 is 2.09 bits per heavy atom. The quantitative estimate of drug-likeness (QED) is 0.843. The summed E-state index contributed by atoms with van der Waals surface area (Å²) in [7, 11) is -3.05. The van der Waals surface area contributed by atoms with Gasteiger partial charge in [0.25, 0.3) is 0 Å². The molecule has 0 aliphatic carbocycles. The van der Waals surface area contributed by atoms with Gasteiger partial charge in [-0.25, -0.2) is 8.42 Å². The highest BCUT2D eigenvalue weighted by Gasteiger charge is 2.27. The fourth-order valence-corrected chi connectivity index (χ4v) is 4.85. The van der Waals surface area contributed by atoms with Crippen LogP contribution in [0.15, 0.2) is 28.7 Å². The van der Waals surface area contributed by atoms with Crippen molar-refractivity contribution in [3.8, 4) is 0 Å². The lowest BCUT2D eigenvalue weighted by atomic mass is 10.1. The minimum atomic E-state index is -3.05. The summed E-state index contributed by atoms with van der Waals surface area (Å²) in [5.74, 6) is 0.880. The summed E-state index contributed by atoms with van der Waals surface area (Å²) < 4.78 is 29.4. The number of aryl methyl sites for hydroxylation is 1. The minimum Gasteiger partial charge on any atom is -0.461 e. The van der Waals surface area contributed by atoms with Crippen LogP contribution in [-0.4, -0.2) is 43.8 Å². The molecule has 0 bridgehead atoms. The van der Waals surface area contributed by atoms with Crippen molar-refractivity contribution in [2.24, 2.45) is 5.92 Å². The molecule has 1 aliphatic heterocycles. The number of hydrogen-bond donors (Lipinski definition) is 0. The van der Waals surface area contributed by atoms with Crippen molar-refractivity contribution in [2.45, 2.75) is 20.3 Å². The Hall–Kier alpha value is -1.82. The van der Waals surface area contributed by atoms with Crippen LogP contribution in [-0.2, 0) is 21.1 Å². The summed E-state index contributed by atoms with van der Waals surface area (Å²) in [5, 5.41) is 0.953. The molecule has 1 fully saturated rings. The van der Waals surface area contributed by atoms with Crippen LogP contribution in [0.2, 0.25) is 0 Å². The van der Waals surface area contributed by atoms with Gasteiger partial charge in [0.05, 0.1) is 17.9 Å². The van der Waals surface area contributed by atoms with Gasteiger partial charge in [0.1, 0.15) is 11.3 Å².